The van der Waals surface area contributed by atoms with Crippen molar-refractivity contribution < 1.29 is 14.3 Å². The quantitative estimate of drug-likeness (QED) is 0.244. The van der Waals surface area contributed by atoms with Gasteiger partial charge >= 0.3 is 0 Å². The molecule has 0 spiro atoms. The van der Waals surface area contributed by atoms with E-state index in [2.05, 4.69) is 32.7 Å². The molecular formula is C27H30N6O3S2. The lowest BCUT2D eigenvalue weighted by Gasteiger charge is -2.15. The molecule has 198 valence electrons. The predicted molar refractivity (Wildman–Crippen MR) is 150 cm³/mol. The third-order valence-corrected chi connectivity index (χ3v) is 7.42. The number of nitrogens with one attached hydrogen (secondary N) is 2. The summed E-state index contributed by atoms with van der Waals surface area (Å²) >= 11 is 2.67. The van der Waals surface area contributed by atoms with Gasteiger partial charge in [-0.2, -0.15) is 0 Å². The van der Waals surface area contributed by atoms with Crippen LogP contribution in [0.1, 0.15) is 32.2 Å². The zero-order valence-electron chi connectivity index (χ0n) is 21.5. The SMILES string of the molecule is CCc1ccc(O[C@H](C)C(=O)NCc2nnc(SCC(=O)Nc3nc(-c4ccccc4)cs3)n2CC)cc1. The number of aromatic nitrogens is 4. The second-order valence-electron chi connectivity index (χ2n) is 8.36. The molecule has 0 unspecified atom stereocenters. The summed E-state index contributed by atoms with van der Waals surface area (Å²) in [4.78, 5) is 29.6. The number of carbonyl (C=O) groups is 2. The van der Waals surface area contributed by atoms with Crippen molar-refractivity contribution in [2.45, 2.75) is 51.5 Å². The largest absolute Gasteiger partial charge is 0.481 e. The summed E-state index contributed by atoms with van der Waals surface area (Å²) in [5, 5.41) is 17.2. The van der Waals surface area contributed by atoms with Gasteiger partial charge in [-0.3, -0.25) is 9.59 Å². The Morgan fingerprint density at radius 2 is 1.84 bits per heavy atom. The van der Waals surface area contributed by atoms with Gasteiger partial charge in [-0.05, 0) is 38.0 Å². The highest BCUT2D eigenvalue weighted by Crippen LogP contribution is 2.25. The van der Waals surface area contributed by atoms with Crippen molar-refractivity contribution in [3.05, 3.63) is 71.4 Å². The van der Waals surface area contributed by atoms with Gasteiger partial charge < -0.3 is 19.9 Å². The summed E-state index contributed by atoms with van der Waals surface area (Å²) in [7, 11) is 0. The maximum Gasteiger partial charge on any atom is 0.261 e. The summed E-state index contributed by atoms with van der Waals surface area (Å²) < 4.78 is 7.64. The van der Waals surface area contributed by atoms with Crippen molar-refractivity contribution >= 4 is 40.0 Å². The standard InChI is InChI=1S/C27H30N6O3S2/c1-4-19-11-13-21(14-12-19)36-18(3)25(35)28-15-23-31-32-27(33(23)5-2)38-17-24(34)30-26-29-22(16-37-26)20-9-7-6-8-10-20/h6-14,16,18H,4-5,15,17H2,1-3H3,(H,28,35)(H,29,30,34)/t18-/m1/s1. The first-order chi connectivity index (χ1) is 18.5. The molecular weight excluding hydrogens is 520 g/mol. The molecule has 0 bridgehead atoms. The Kier molecular flexibility index (Phi) is 9.50. The van der Waals surface area contributed by atoms with Gasteiger partial charge in [0.2, 0.25) is 5.91 Å². The normalized spacial score (nSPS) is 11.7. The molecule has 0 saturated heterocycles. The molecule has 0 fully saturated rings. The van der Waals surface area contributed by atoms with E-state index in [4.69, 9.17) is 4.74 Å². The number of aryl methyl sites for hydroxylation is 1. The number of benzene rings is 2. The van der Waals surface area contributed by atoms with E-state index >= 15 is 0 Å². The third kappa shape index (κ3) is 7.20. The number of amides is 2. The fourth-order valence-electron chi connectivity index (χ4n) is 3.60. The third-order valence-electron chi connectivity index (χ3n) is 5.70. The number of ether oxygens (including phenoxy) is 1. The number of thiazole rings is 1. The highest BCUT2D eigenvalue weighted by atomic mass is 32.2. The Hall–Kier alpha value is -3.70. The molecule has 0 aliphatic rings. The second kappa shape index (κ2) is 13.2. The molecule has 1 atom stereocenters. The molecule has 4 aromatic rings. The van der Waals surface area contributed by atoms with Crippen LogP contribution in [0.25, 0.3) is 11.3 Å². The van der Waals surface area contributed by atoms with Gasteiger partial charge in [-0.1, -0.05) is 61.2 Å². The van der Waals surface area contributed by atoms with Gasteiger partial charge in [-0.25, -0.2) is 4.98 Å². The smallest absolute Gasteiger partial charge is 0.261 e. The second-order valence-corrected chi connectivity index (χ2v) is 10.2. The Morgan fingerprint density at radius 1 is 1.08 bits per heavy atom. The van der Waals surface area contributed by atoms with Gasteiger partial charge in [0, 0.05) is 17.5 Å². The van der Waals surface area contributed by atoms with Crippen molar-refractivity contribution in [3.8, 4) is 17.0 Å². The van der Waals surface area contributed by atoms with E-state index in [0.717, 1.165) is 17.7 Å². The molecule has 2 amide bonds. The van der Waals surface area contributed by atoms with Gasteiger partial charge in [0.05, 0.1) is 18.0 Å². The minimum Gasteiger partial charge on any atom is -0.481 e. The van der Waals surface area contributed by atoms with Gasteiger partial charge in [0.1, 0.15) is 5.75 Å². The van der Waals surface area contributed by atoms with Crippen LogP contribution in [-0.2, 0) is 29.1 Å². The van der Waals surface area contributed by atoms with Gasteiger partial charge in [-0.15, -0.1) is 21.5 Å². The fourth-order valence-corrected chi connectivity index (χ4v) is 5.16. The fraction of sp³-hybridized carbons (Fsp3) is 0.296. The summed E-state index contributed by atoms with van der Waals surface area (Å²) in [6, 6.07) is 17.5. The minimum atomic E-state index is -0.661. The van der Waals surface area contributed by atoms with E-state index in [9.17, 15) is 9.59 Å². The van der Waals surface area contributed by atoms with Crippen LogP contribution in [0.4, 0.5) is 5.13 Å². The Morgan fingerprint density at radius 3 is 2.55 bits per heavy atom. The van der Waals surface area contributed by atoms with Crippen molar-refractivity contribution in [1.29, 1.82) is 0 Å². The highest BCUT2D eigenvalue weighted by molar-refractivity contribution is 7.99. The Bertz CT molecular complexity index is 1350. The van der Waals surface area contributed by atoms with E-state index in [1.807, 2.05) is 71.5 Å². The van der Waals surface area contributed by atoms with E-state index in [-0.39, 0.29) is 24.1 Å². The Labute approximate surface area is 230 Å². The molecule has 11 heteroatoms. The predicted octanol–water partition coefficient (Wildman–Crippen LogP) is 4.80. The minimum absolute atomic E-state index is 0.159. The Balaban J connectivity index is 1.26. The molecule has 9 nitrogen and oxygen atoms in total. The number of hydrogen-bond donors (Lipinski definition) is 2. The number of rotatable bonds is 12. The molecule has 2 N–H and O–H groups in total. The summed E-state index contributed by atoms with van der Waals surface area (Å²) in [5.41, 5.74) is 3.03. The number of carbonyl (C=O) groups excluding carboxylic acids is 2. The number of hydrogen-bond acceptors (Lipinski definition) is 8. The molecule has 0 aliphatic heterocycles. The summed E-state index contributed by atoms with van der Waals surface area (Å²) in [5.74, 6) is 0.986. The van der Waals surface area contributed by atoms with Crippen LogP contribution in [0.2, 0.25) is 0 Å². The van der Waals surface area contributed by atoms with Crippen LogP contribution in [0.15, 0.2) is 65.1 Å². The van der Waals surface area contributed by atoms with Crippen molar-refractivity contribution in [2.24, 2.45) is 0 Å². The first-order valence-electron chi connectivity index (χ1n) is 12.4. The zero-order valence-corrected chi connectivity index (χ0v) is 23.1. The van der Waals surface area contributed by atoms with E-state index in [1.165, 1.54) is 28.7 Å². The van der Waals surface area contributed by atoms with Crippen LogP contribution < -0.4 is 15.4 Å². The van der Waals surface area contributed by atoms with Crippen molar-refractivity contribution in [2.75, 3.05) is 11.1 Å². The van der Waals surface area contributed by atoms with Crippen LogP contribution in [0.5, 0.6) is 5.75 Å². The van der Waals surface area contributed by atoms with Crippen LogP contribution >= 0.6 is 23.1 Å². The molecule has 38 heavy (non-hydrogen) atoms. The average molecular weight is 551 g/mol. The maximum absolute atomic E-state index is 12.6. The van der Waals surface area contributed by atoms with Crippen LogP contribution in [0, 0.1) is 0 Å². The lowest BCUT2D eigenvalue weighted by Crippen LogP contribution is -2.36. The van der Waals surface area contributed by atoms with E-state index in [0.29, 0.717) is 28.4 Å². The maximum atomic E-state index is 12.6. The zero-order chi connectivity index (χ0) is 26.9. The van der Waals surface area contributed by atoms with E-state index in [1.54, 1.807) is 6.92 Å². The van der Waals surface area contributed by atoms with Crippen LogP contribution in [-0.4, -0.2) is 43.4 Å². The lowest BCUT2D eigenvalue weighted by molar-refractivity contribution is -0.127. The van der Waals surface area contributed by atoms with Gasteiger partial charge in [0.15, 0.2) is 22.2 Å². The first kappa shape index (κ1) is 27.3. The topological polar surface area (TPSA) is 111 Å². The molecule has 4 rings (SSSR count). The highest BCUT2D eigenvalue weighted by Gasteiger charge is 2.18. The first-order valence-corrected chi connectivity index (χ1v) is 14.2. The summed E-state index contributed by atoms with van der Waals surface area (Å²) in [6.07, 6.45) is 0.284. The van der Waals surface area contributed by atoms with Gasteiger partial charge in [0.25, 0.3) is 5.91 Å². The summed E-state index contributed by atoms with van der Waals surface area (Å²) in [6.45, 7) is 6.56. The van der Waals surface area contributed by atoms with Crippen molar-refractivity contribution in [1.82, 2.24) is 25.1 Å². The molecule has 0 saturated carbocycles. The average Bonchev–Trinajstić information content (AvgIpc) is 3.58. The molecule has 2 aromatic heterocycles. The molecule has 2 heterocycles. The monoisotopic (exact) mass is 550 g/mol. The number of thioether (sulfide) groups is 1. The lowest BCUT2D eigenvalue weighted by atomic mass is 10.2. The number of anilines is 1. The molecule has 0 radical (unpaired) electrons. The van der Waals surface area contributed by atoms with E-state index < -0.39 is 6.10 Å². The molecule has 2 aromatic carbocycles. The number of nitrogens with zero attached hydrogens (tertiary/aromatic N) is 4. The van der Waals surface area contributed by atoms with Crippen LogP contribution in [0.3, 0.4) is 0 Å². The molecule has 0 aliphatic carbocycles. The van der Waals surface area contributed by atoms with Crippen molar-refractivity contribution in [3.63, 3.8) is 0 Å².